The van der Waals surface area contributed by atoms with E-state index >= 15 is 0 Å². The highest BCUT2D eigenvalue weighted by Gasteiger charge is 2.24. The van der Waals surface area contributed by atoms with Crippen molar-refractivity contribution in [1.82, 2.24) is 4.90 Å². The zero-order valence-electron chi connectivity index (χ0n) is 8.67. The summed E-state index contributed by atoms with van der Waals surface area (Å²) >= 11 is 2.16. The van der Waals surface area contributed by atoms with E-state index in [1.54, 1.807) is 0 Å². The number of rotatable bonds is 1. The molecule has 76 valence electrons. The maximum absolute atomic E-state index is 2.74. The number of nitrogens with zero attached hydrogens (tertiary/aromatic N) is 1. The summed E-state index contributed by atoms with van der Waals surface area (Å²) in [5.74, 6) is 3.78. The van der Waals surface area contributed by atoms with Gasteiger partial charge in [-0.2, -0.15) is 11.8 Å². The third-order valence-corrected chi connectivity index (χ3v) is 4.67. The Hall–Kier alpha value is 0.310. The summed E-state index contributed by atoms with van der Waals surface area (Å²) in [4.78, 5) is 2.74. The molecule has 1 unspecified atom stereocenters. The third kappa shape index (κ3) is 2.63. The monoisotopic (exact) mass is 199 g/mol. The van der Waals surface area contributed by atoms with Crippen LogP contribution in [0.1, 0.15) is 32.6 Å². The Morgan fingerprint density at radius 2 is 1.92 bits per heavy atom. The van der Waals surface area contributed by atoms with Crippen LogP contribution < -0.4 is 0 Å². The summed E-state index contributed by atoms with van der Waals surface area (Å²) < 4.78 is 0. The first-order valence-corrected chi connectivity index (χ1v) is 6.83. The van der Waals surface area contributed by atoms with Crippen molar-refractivity contribution in [3.05, 3.63) is 0 Å². The lowest BCUT2D eigenvalue weighted by Crippen LogP contribution is -2.43. The minimum Gasteiger partial charge on any atom is -0.300 e. The normalized spacial score (nSPS) is 33.5. The molecule has 2 aliphatic rings. The van der Waals surface area contributed by atoms with Crippen molar-refractivity contribution in [3.63, 3.8) is 0 Å². The van der Waals surface area contributed by atoms with E-state index in [1.165, 1.54) is 50.3 Å². The highest BCUT2D eigenvalue weighted by molar-refractivity contribution is 7.99. The van der Waals surface area contributed by atoms with E-state index in [0.29, 0.717) is 0 Å². The minimum atomic E-state index is 0.922. The molecule has 0 aromatic rings. The van der Waals surface area contributed by atoms with Crippen LogP contribution in [-0.2, 0) is 0 Å². The molecule has 0 N–H and O–H groups in total. The van der Waals surface area contributed by atoms with Gasteiger partial charge in [-0.25, -0.2) is 0 Å². The average molecular weight is 199 g/mol. The fourth-order valence-electron chi connectivity index (χ4n) is 2.41. The van der Waals surface area contributed by atoms with Gasteiger partial charge in [0.25, 0.3) is 0 Å². The molecule has 0 saturated carbocycles. The van der Waals surface area contributed by atoms with Gasteiger partial charge in [0.2, 0.25) is 0 Å². The fourth-order valence-corrected chi connectivity index (χ4v) is 3.59. The van der Waals surface area contributed by atoms with E-state index in [0.717, 1.165) is 12.0 Å². The number of thioether (sulfide) groups is 1. The summed E-state index contributed by atoms with van der Waals surface area (Å²) in [5, 5.41) is 0. The van der Waals surface area contributed by atoms with Crippen LogP contribution in [0.15, 0.2) is 0 Å². The van der Waals surface area contributed by atoms with Crippen LogP contribution in [0.3, 0.4) is 0 Å². The molecule has 2 aliphatic heterocycles. The van der Waals surface area contributed by atoms with E-state index in [2.05, 4.69) is 23.6 Å². The van der Waals surface area contributed by atoms with Crippen molar-refractivity contribution in [3.8, 4) is 0 Å². The Labute approximate surface area is 86.3 Å². The first-order chi connectivity index (χ1) is 6.36. The SMILES string of the molecule is CC1CCN(C2CCCSC2)CC1. The van der Waals surface area contributed by atoms with Crippen molar-refractivity contribution in [2.75, 3.05) is 24.6 Å². The second kappa shape index (κ2) is 4.70. The Morgan fingerprint density at radius 1 is 1.15 bits per heavy atom. The fraction of sp³-hybridized carbons (Fsp3) is 1.00. The van der Waals surface area contributed by atoms with Crippen LogP contribution in [-0.4, -0.2) is 35.5 Å². The van der Waals surface area contributed by atoms with Gasteiger partial charge in [-0.1, -0.05) is 6.92 Å². The molecule has 1 atom stereocenters. The quantitative estimate of drug-likeness (QED) is 0.638. The molecule has 0 amide bonds. The second-order valence-corrected chi connectivity index (χ2v) is 5.74. The molecule has 13 heavy (non-hydrogen) atoms. The topological polar surface area (TPSA) is 3.24 Å². The molecule has 0 bridgehead atoms. The molecule has 2 heterocycles. The lowest BCUT2D eigenvalue weighted by atomic mass is 9.97. The maximum atomic E-state index is 2.74. The third-order valence-electron chi connectivity index (χ3n) is 3.47. The Bertz CT molecular complexity index is 146. The van der Waals surface area contributed by atoms with E-state index < -0.39 is 0 Å². The van der Waals surface area contributed by atoms with Crippen molar-refractivity contribution in [2.45, 2.75) is 38.6 Å². The predicted molar refractivity (Wildman–Crippen MR) is 60.3 cm³/mol. The molecule has 2 rings (SSSR count). The summed E-state index contributed by atoms with van der Waals surface area (Å²) in [6.45, 7) is 5.13. The minimum absolute atomic E-state index is 0.922. The van der Waals surface area contributed by atoms with Crippen molar-refractivity contribution in [2.24, 2.45) is 5.92 Å². The van der Waals surface area contributed by atoms with E-state index in [1.807, 2.05) is 0 Å². The molecule has 2 fully saturated rings. The van der Waals surface area contributed by atoms with Crippen LogP contribution in [0.5, 0.6) is 0 Å². The molecule has 2 saturated heterocycles. The van der Waals surface area contributed by atoms with Gasteiger partial charge in [0.15, 0.2) is 0 Å². The Balaban J connectivity index is 1.79. The number of piperidine rings is 1. The van der Waals surface area contributed by atoms with Crippen molar-refractivity contribution >= 4 is 11.8 Å². The summed E-state index contributed by atoms with van der Waals surface area (Å²) in [7, 11) is 0. The first kappa shape index (κ1) is 9.85. The average Bonchev–Trinajstić information content (AvgIpc) is 2.20. The molecule has 1 nitrogen and oxygen atoms in total. The van der Waals surface area contributed by atoms with Crippen LogP contribution in [0, 0.1) is 5.92 Å². The largest absolute Gasteiger partial charge is 0.300 e. The summed E-state index contributed by atoms with van der Waals surface area (Å²) in [6, 6.07) is 0.922. The highest BCUT2D eigenvalue weighted by Crippen LogP contribution is 2.25. The lowest BCUT2D eigenvalue weighted by molar-refractivity contribution is 0.141. The molecular formula is C11H21NS. The van der Waals surface area contributed by atoms with Gasteiger partial charge in [-0.05, 0) is 50.4 Å². The van der Waals surface area contributed by atoms with Gasteiger partial charge in [0.05, 0.1) is 0 Å². The summed E-state index contributed by atoms with van der Waals surface area (Å²) in [5.41, 5.74) is 0. The van der Waals surface area contributed by atoms with Gasteiger partial charge in [-0.15, -0.1) is 0 Å². The molecule has 0 aromatic heterocycles. The molecule has 0 aromatic carbocycles. The molecule has 2 heteroatoms. The lowest BCUT2D eigenvalue weighted by Gasteiger charge is -2.38. The van der Waals surface area contributed by atoms with Gasteiger partial charge < -0.3 is 0 Å². The maximum Gasteiger partial charge on any atom is 0.0186 e. The molecular weight excluding hydrogens is 178 g/mol. The van der Waals surface area contributed by atoms with Gasteiger partial charge >= 0.3 is 0 Å². The van der Waals surface area contributed by atoms with Crippen LogP contribution in [0.25, 0.3) is 0 Å². The molecule has 0 spiro atoms. The standard InChI is InChI=1S/C11H21NS/c1-10-4-6-12(7-5-10)11-3-2-8-13-9-11/h10-11H,2-9H2,1H3. The second-order valence-electron chi connectivity index (χ2n) is 4.59. The van der Waals surface area contributed by atoms with Gasteiger partial charge in [-0.3, -0.25) is 4.90 Å². The predicted octanol–water partition coefficient (Wildman–Crippen LogP) is 2.61. The van der Waals surface area contributed by atoms with Crippen molar-refractivity contribution < 1.29 is 0 Å². The highest BCUT2D eigenvalue weighted by atomic mass is 32.2. The zero-order chi connectivity index (χ0) is 9.10. The van der Waals surface area contributed by atoms with Crippen LogP contribution in [0.2, 0.25) is 0 Å². The Kier molecular flexibility index (Phi) is 3.56. The number of hydrogen-bond acceptors (Lipinski definition) is 2. The molecule has 0 radical (unpaired) electrons. The van der Waals surface area contributed by atoms with Gasteiger partial charge in [0, 0.05) is 11.8 Å². The van der Waals surface area contributed by atoms with E-state index in [4.69, 9.17) is 0 Å². The number of likely N-dealkylation sites (tertiary alicyclic amines) is 1. The summed E-state index contributed by atoms with van der Waals surface area (Å²) in [6.07, 6.45) is 5.77. The van der Waals surface area contributed by atoms with Gasteiger partial charge in [0.1, 0.15) is 0 Å². The number of hydrogen-bond donors (Lipinski definition) is 0. The van der Waals surface area contributed by atoms with E-state index in [9.17, 15) is 0 Å². The molecule has 0 aliphatic carbocycles. The zero-order valence-corrected chi connectivity index (χ0v) is 9.48. The van der Waals surface area contributed by atoms with Crippen LogP contribution in [0.4, 0.5) is 0 Å². The first-order valence-electron chi connectivity index (χ1n) is 5.68. The Morgan fingerprint density at radius 3 is 2.54 bits per heavy atom. The van der Waals surface area contributed by atoms with E-state index in [-0.39, 0.29) is 0 Å². The van der Waals surface area contributed by atoms with Crippen LogP contribution >= 0.6 is 11.8 Å². The smallest absolute Gasteiger partial charge is 0.0186 e. The van der Waals surface area contributed by atoms with Crippen molar-refractivity contribution in [1.29, 1.82) is 0 Å².